The molecule has 4 rings (SSSR count). The van der Waals surface area contributed by atoms with Crippen LogP contribution in [0.1, 0.15) is 40.8 Å². The Morgan fingerprint density at radius 3 is 1.88 bits per heavy atom. The van der Waals surface area contributed by atoms with Gasteiger partial charge in [-0.05, 0) is 47.9 Å². The van der Waals surface area contributed by atoms with Crippen LogP contribution in [0.2, 0.25) is 0 Å². The van der Waals surface area contributed by atoms with Gasteiger partial charge >= 0.3 is 18.3 Å². The number of carbonyl (C=O) groups is 1. The molecular formula is C29H25F6N3O2. The first kappa shape index (κ1) is 28.7. The van der Waals surface area contributed by atoms with E-state index in [4.69, 9.17) is 4.74 Å². The Kier molecular flexibility index (Phi) is 8.22. The first-order valence-electron chi connectivity index (χ1n) is 12.1. The highest BCUT2D eigenvalue weighted by molar-refractivity contribution is 5.96. The quantitative estimate of drug-likeness (QED) is 0.264. The van der Waals surface area contributed by atoms with E-state index in [1.54, 1.807) is 24.0 Å². The molecule has 1 N–H and O–H groups in total. The summed E-state index contributed by atoms with van der Waals surface area (Å²) in [5, 5.41) is 3.23. The molecule has 0 aromatic heterocycles. The fourth-order valence-corrected chi connectivity index (χ4v) is 4.33. The Morgan fingerprint density at radius 2 is 1.38 bits per heavy atom. The number of methoxy groups -OCH3 is 1. The summed E-state index contributed by atoms with van der Waals surface area (Å²) in [7, 11) is 1.25. The fourth-order valence-electron chi connectivity index (χ4n) is 4.33. The zero-order valence-electron chi connectivity index (χ0n) is 21.5. The van der Waals surface area contributed by atoms with Crippen molar-refractivity contribution in [1.29, 1.82) is 0 Å². The Bertz CT molecular complexity index is 1400. The number of aliphatic imine (C=N–C) groups is 1. The second-order valence-corrected chi connectivity index (χ2v) is 9.09. The minimum Gasteiger partial charge on any atom is -0.466 e. The standard InChI is InChI=1S/C29H25F6N3O2/c1-18-24(26(39)40-2)25(21-6-4-3-5-7-21)37-27(36-16-19-8-12-22(13-9-19)28(30,31)32)38(18)17-20-10-14-23(15-11-20)29(33,34)35/h3-15,25H,16-17H2,1-2H3,(H,36,37). The third-order valence-electron chi connectivity index (χ3n) is 6.47. The molecule has 40 heavy (non-hydrogen) atoms. The molecule has 1 aliphatic heterocycles. The Balaban J connectivity index is 1.74. The van der Waals surface area contributed by atoms with Crippen LogP contribution in [0.5, 0.6) is 0 Å². The number of ether oxygens (including phenoxy) is 1. The van der Waals surface area contributed by atoms with Gasteiger partial charge in [-0.3, -0.25) is 0 Å². The molecule has 0 fully saturated rings. The van der Waals surface area contributed by atoms with Crippen LogP contribution in [0.15, 0.2) is 95.1 Å². The predicted molar refractivity (Wildman–Crippen MR) is 137 cm³/mol. The maximum absolute atomic E-state index is 13.1. The summed E-state index contributed by atoms with van der Waals surface area (Å²) in [5.74, 6) is -0.308. The van der Waals surface area contributed by atoms with Gasteiger partial charge in [-0.25, -0.2) is 9.79 Å². The largest absolute Gasteiger partial charge is 0.466 e. The van der Waals surface area contributed by atoms with Crippen molar-refractivity contribution in [2.24, 2.45) is 4.99 Å². The van der Waals surface area contributed by atoms with Crippen LogP contribution in [-0.2, 0) is 35.0 Å². The second kappa shape index (κ2) is 11.4. The molecule has 1 aliphatic rings. The lowest BCUT2D eigenvalue weighted by molar-refractivity contribution is -0.138. The molecule has 0 saturated carbocycles. The number of nitrogens with zero attached hydrogens (tertiary/aromatic N) is 2. The number of benzene rings is 3. The maximum Gasteiger partial charge on any atom is 0.416 e. The van der Waals surface area contributed by atoms with Crippen molar-refractivity contribution in [1.82, 2.24) is 10.2 Å². The molecule has 5 nitrogen and oxygen atoms in total. The molecule has 0 aliphatic carbocycles. The van der Waals surface area contributed by atoms with Crippen molar-refractivity contribution in [3.63, 3.8) is 0 Å². The SMILES string of the molecule is COC(=O)C1=C(C)N(Cc2ccc(C(F)(F)F)cc2)C(=NCc2ccc(C(F)(F)F)cc2)NC1c1ccccc1. The molecule has 0 saturated heterocycles. The van der Waals surface area contributed by atoms with E-state index in [9.17, 15) is 31.1 Å². The summed E-state index contributed by atoms with van der Waals surface area (Å²) in [6, 6.07) is 17.6. The number of carbonyl (C=O) groups excluding carboxylic acids is 1. The van der Waals surface area contributed by atoms with Crippen LogP contribution in [0.25, 0.3) is 0 Å². The third-order valence-corrected chi connectivity index (χ3v) is 6.47. The van der Waals surface area contributed by atoms with Crippen LogP contribution in [0.4, 0.5) is 26.3 Å². The number of hydrogen-bond donors (Lipinski definition) is 1. The van der Waals surface area contributed by atoms with Gasteiger partial charge < -0.3 is 15.0 Å². The molecule has 0 bridgehead atoms. The average Bonchev–Trinajstić information content (AvgIpc) is 2.92. The third kappa shape index (κ3) is 6.47. The van der Waals surface area contributed by atoms with Crippen LogP contribution >= 0.6 is 0 Å². The van der Waals surface area contributed by atoms with Gasteiger partial charge in [0, 0.05) is 5.70 Å². The van der Waals surface area contributed by atoms with Gasteiger partial charge in [0.2, 0.25) is 0 Å². The molecule has 1 unspecified atom stereocenters. The lowest BCUT2D eigenvalue weighted by Gasteiger charge is -2.38. The van der Waals surface area contributed by atoms with E-state index in [-0.39, 0.29) is 18.7 Å². The van der Waals surface area contributed by atoms with E-state index in [1.165, 1.54) is 31.4 Å². The van der Waals surface area contributed by atoms with E-state index in [1.807, 2.05) is 18.2 Å². The lowest BCUT2D eigenvalue weighted by atomic mass is 9.94. The van der Waals surface area contributed by atoms with Crippen molar-refractivity contribution in [2.75, 3.05) is 7.11 Å². The number of guanidine groups is 1. The molecule has 0 spiro atoms. The Labute approximate surface area is 226 Å². The average molecular weight is 562 g/mol. The lowest BCUT2D eigenvalue weighted by Crippen LogP contribution is -2.48. The number of hydrogen-bond acceptors (Lipinski definition) is 3. The molecule has 1 atom stereocenters. The molecule has 3 aromatic rings. The van der Waals surface area contributed by atoms with Crippen molar-refractivity contribution >= 4 is 11.9 Å². The number of esters is 1. The van der Waals surface area contributed by atoms with E-state index in [2.05, 4.69) is 10.3 Å². The Hall–Kier alpha value is -4.28. The van der Waals surface area contributed by atoms with Gasteiger partial charge in [0.25, 0.3) is 0 Å². The monoisotopic (exact) mass is 561 g/mol. The summed E-state index contributed by atoms with van der Waals surface area (Å²) >= 11 is 0. The minimum absolute atomic E-state index is 0.00628. The highest BCUT2D eigenvalue weighted by atomic mass is 19.4. The van der Waals surface area contributed by atoms with Crippen LogP contribution in [0.3, 0.4) is 0 Å². The van der Waals surface area contributed by atoms with E-state index in [0.29, 0.717) is 22.8 Å². The van der Waals surface area contributed by atoms with E-state index in [0.717, 1.165) is 29.8 Å². The zero-order valence-corrected chi connectivity index (χ0v) is 21.5. The smallest absolute Gasteiger partial charge is 0.416 e. The first-order valence-corrected chi connectivity index (χ1v) is 12.1. The summed E-state index contributed by atoms with van der Waals surface area (Å²) < 4.78 is 83.2. The summed E-state index contributed by atoms with van der Waals surface area (Å²) in [5.41, 5.74) is 0.926. The fraction of sp³-hybridized carbons (Fsp3) is 0.241. The van der Waals surface area contributed by atoms with Gasteiger partial charge in [-0.15, -0.1) is 0 Å². The molecule has 11 heteroatoms. The van der Waals surface area contributed by atoms with Crippen molar-refractivity contribution in [3.05, 3.63) is 118 Å². The predicted octanol–water partition coefficient (Wildman–Crippen LogP) is 6.87. The minimum atomic E-state index is -4.49. The molecular weight excluding hydrogens is 536 g/mol. The van der Waals surface area contributed by atoms with Gasteiger partial charge in [0.15, 0.2) is 5.96 Å². The number of alkyl halides is 6. The highest BCUT2D eigenvalue weighted by Crippen LogP contribution is 2.34. The van der Waals surface area contributed by atoms with E-state index < -0.39 is 35.5 Å². The number of allylic oxidation sites excluding steroid dienone is 1. The maximum atomic E-state index is 13.1. The number of halogens is 6. The zero-order chi connectivity index (χ0) is 29.1. The summed E-state index contributed by atoms with van der Waals surface area (Å²) in [6.45, 7) is 1.75. The normalized spacial score (nSPS) is 17.1. The topological polar surface area (TPSA) is 53.9 Å². The molecule has 210 valence electrons. The first-order chi connectivity index (χ1) is 18.9. The van der Waals surface area contributed by atoms with Crippen molar-refractivity contribution in [3.8, 4) is 0 Å². The number of rotatable bonds is 6. The van der Waals surface area contributed by atoms with Crippen LogP contribution < -0.4 is 5.32 Å². The van der Waals surface area contributed by atoms with Crippen LogP contribution in [-0.4, -0.2) is 23.9 Å². The summed E-state index contributed by atoms with van der Waals surface area (Å²) in [4.78, 5) is 19.2. The molecule has 0 amide bonds. The van der Waals surface area contributed by atoms with Gasteiger partial charge in [0.05, 0.1) is 42.9 Å². The van der Waals surface area contributed by atoms with E-state index >= 15 is 0 Å². The van der Waals surface area contributed by atoms with Crippen molar-refractivity contribution < 1.29 is 35.9 Å². The summed E-state index contributed by atoms with van der Waals surface area (Å²) in [6.07, 6.45) is -8.96. The molecule has 3 aromatic carbocycles. The molecule has 0 radical (unpaired) electrons. The highest BCUT2D eigenvalue weighted by Gasteiger charge is 2.36. The van der Waals surface area contributed by atoms with Gasteiger partial charge in [0.1, 0.15) is 0 Å². The second-order valence-electron chi connectivity index (χ2n) is 9.09. The number of nitrogens with one attached hydrogen (secondary N) is 1. The van der Waals surface area contributed by atoms with Crippen LogP contribution in [0, 0.1) is 0 Å². The molecule has 1 heterocycles. The van der Waals surface area contributed by atoms with Gasteiger partial charge in [-0.2, -0.15) is 26.3 Å². The Morgan fingerprint density at radius 1 is 0.850 bits per heavy atom. The van der Waals surface area contributed by atoms with Crippen molar-refractivity contribution in [2.45, 2.75) is 38.4 Å². The van der Waals surface area contributed by atoms with Gasteiger partial charge in [-0.1, -0.05) is 54.6 Å².